The van der Waals surface area contributed by atoms with Gasteiger partial charge in [0.05, 0.1) is 5.92 Å². The highest BCUT2D eigenvalue weighted by atomic mass is 32.1. The Labute approximate surface area is 164 Å². The van der Waals surface area contributed by atoms with Crippen LogP contribution in [-0.4, -0.2) is 33.6 Å². The summed E-state index contributed by atoms with van der Waals surface area (Å²) in [7, 11) is 0. The molecule has 0 bridgehead atoms. The maximum Gasteiger partial charge on any atom is 0.275 e. The van der Waals surface area contributed by atoms with E-state index in [0.29, 0.717) is 27.9 Å². The summed E-state index contributed by atoms with van der Waals surface area (Å²) in [4.78, 5) is 31.6. The molecule has 146 valence electrons. The molecule has 1 unspecified atom stereocenters. The van der Waals surface area contributed by atoms with Crippen molar-refractivity contribution in [2.45, 2.75) is 26.3 Å². The Morgan fingerprint density at radius 1 is 1.39 bits per heavy atom. The third kappa shape index (κ3) is 3.75. The normalized spacial score (nSPS) is 17.1. The number of benzene rings is 1. The van der Waals surface area contributed by atoms with E-state index in [2.05, 4.69) is 15.4 Å². The molecule has 1 fully saturated rings. The standard InChI is InChI=1S/C19H20FN5O2S/c1-12-9-16(26)25-18(22-12)28-19(23-25)24-8-4-6-14(11-24)17(27)21-10-13-5-2-3-7-15(13)20/h2-3,5,7,9,14H,4,6,8,10-11H2,1H3,(H,21,27). The number of carbonyl (C=O) groups is 1. The van der Waals surface area contributed by atoms with Crippen molar-refractivity contribution < 1.29 is 9.18 Å². The number of amides is 1. The lowest BCUT2D eigenvalue weighted by Gasteiger charge is -2.31. The van der Waals surface area contributed by atoms with E-state index in [0.717, 1.165) is 19.4 Å². The Morgan fingerprint density at radius 2 is 2.21 bits per heavy atom. The summed E-state index contributed by atoms with van der Waals surface area (Å²) < 4.78 is 15.0. The van der Waals surface area contributed by atoms with Gasteiger partial charge in [-0.2, -0.15) is 4.52 Å². The van der Waals surface area contributed by atoms with Gasteiger partial charge in [0.15, 0.2) is 0 Å². The third-order valence-electron chi connectivity index (χ3n) is 4.84. The minimum Gasteiger partial charge on any atom is -0.352 e. The van der Waals surface area contributed by atoms with Gasteiger partial charge in [-0.25, -0.2) is 9.37 Å². The van der Waals surface area contributed by atoms with E-state index >= 15 is 0 Å². The zero-order valence-electron chi connectivity index (χ0n) is 15.4. The average Bonchev–Trinajstić information content (AvgIpc) is 3.12. The molecule has 9 heteroatoms. The number of nitrogens with zero attached hydrogens (tertiary/aromatic N) is 4. The molecule has 3 heterocycles. The smallest absolute Gasteiger partial charge is 0.275 e. The molecule has 0 aliphatic carbocycles. The molecule has 1 atom stereocenters. The second-order valence-electron chi connectivity index (χ2n) is 6.91. The van der Waals surface area contributed by atoms with Gasteiger partial charge in [0.2, 0.25) is 16.0 Å². The Hall–Kier alpha value is -2.81. The largest absolute Gasteiger partial charge is 0.352 e. The molecule has 1 aliphatic heterocycles. The zero-order chi connectivity index (χ0) is 19.7. The van der Waals surface area contributed by atoms with Gasteiger partial charge >= 0.3 is 0 Å². The van der Waals surface area contributed by atoms with Gasteiger partial charge in [-0.3, -0.25) is 9.59 Å². The quantitative estimate of drug-likeness (QED) is 0.725. The van der Waals surface area contributed by atoms with Crippen LogP contribution >= 0.6 is 11.3 Å². The highest BCUT2D eigenvalue weighted by Crippen LogP contribution is 2.27. The van der Waals surface area contributed by atoms with Gasteiger partial charge in [0, 0.05) is 37.0 Å². The lowest BCUT2D eigenvalue weighted by atomic mass is 9.97. The van der Waals surface area contributed by atoms with Crippen LogP contribution < -0.4 is 15.8 Å². The number of anilines is 1. The van der Waals surface area contributed by atoms with Crippen molar-refractivity contribution in [3.8, 4) is 0 Å². The van der Waals surface area contributed by atoms with Crippen LogP contribution in [0.5, 0.6) is 0 Å². The molecule has 1 amide bonds. The molecular weight excluding hydrogens is 381 g/mol. The predicted molar refractivity (Wildman–Crippen MR) is 105 cm³/mol. The first-order chi connectivity index (χ1) is 13.5. The van der Waals surface area contributed by atoms with Gasteiger partial charge in [0.1, 0.15) is 5.82 Å². The number of hydrogen-bond acceptors (Lipinski definition) is 6. The fraction of sp³-hybridized carbons (Fsp3) is 0.368. The summed E-state index contributed by atoms with van der Waals surface area (Å²) in [6.07, 6.45) is 1.61. The molecule has 0 spiro atoms. The number of carbonyl (C=O) groups excluding carboxylic acids is 1. The van der Waals surface area contributed by atoms with Crippen molar-refractivity contribution in [3.05, 3.63) is 57.8 Å². The van der Waals surface area contributed by atoms with E-state index in [1.807, 2.05) is 4.90 Å². The lowest BCUT2D eigenvalue weighted by Crippen LogP contribution is -2.43. The van der Waals surface area contributed by atoms with E-state index in [1.165, 1.54) is 28.0 Å². The van der Waals surface area contributed by atoms with Crippen LogP contribution in [0, 0.1) is 18.7 Å². The van der Waals surface area contributed by atoms with Crippen molar-refractivity contribution in [2.75, 3.05) is 18.0 Å². The Kier molecular flexibility index (Phi) is 5.08. The molecule has 4 rings (SSSR count). The number of fused-ring (bicyclic) bond motifs is 1. The summed E-state index contributed by atoms with van der Waals surface area (Å²) in [6.45, 7) is 3.22. The van der Waals surface area contributed by atoms with Crippen molar-refractivity contribution >= 4 is 27.3 Å². The molecule has 3 aromatic rings. The monoisotopic (exact) mass is 401 g/mol. The number of aryl methyl sites for hydroxylation is 1. The summed E-state index contributed by atoms with van der Waals surface area (Å²) in [5.74, 6) is -0.630. The fourth-order valence-corrected chi connectivity index (χ4v) is 4.36. The fourth-order valence-electron chi connectivity index (χ4n) is 3.37. The SMILES string of the molecule is Cc1cc(=O)n2nc(N3CCCC(C(=O)NCc4ccccc4F)C3)sc2n1. The van der Waals surface area contributed by atoms with E-state index in [4.69, 9.17) is 0 Å². The first-order valence-corrected chi connectivity index (χ1v) is 9.96. The minimum atomic E-state index is -0.323. The Morgan fingerprint density at radius 3 is 3.04 bits per heavy atom. The van der Waals surface area contributed by atoms with Crippen LogP contribution in [0.4, 0.5) is 9.52 Å². The van der Waals surface area contributed by atoms with Crippen LogP contribution in [0.15, 0.2) is 35.1 Å². The maximum atomic E-state index is 13.7. The Balaban J connectivity index is 1.45. The van der Waals surface area contributed by atoms with Crippen molar-refractivity contribution in [2.24, 2.45) is 5.92 Å². The van der Waals surface area contributed by atoms with Gasteiger partial charge in [-0.1, -0.05) is 29.5 Å². The molecule has 1 N–H and O–H groups in total. The Bertz CT molecular complexity index is 1080. The summed E-state index contributed by atoms with van der Waals surface area (Å²) in [5.41, 5.74) is 0.918. The maximum absolute atomic E-state index is 13.7. The first-order valence-electron chi connectivity index (χ1n) is 9.15. The van der Waals surface area contributed by atoms with E-state index in [9.17, 15) is 14.0 Å². The first kappa shape index (κ1) is 18.5. The van der Waals surface area contributed by atoms with Crippen LogP contribution in [0.1, 0.15) is 24.1 Å². The lowest BCUT2D eigenvalue weighted by molar-refractivity contribution is -0.125. The molecule has 1 saturated heterocycles. The molecular formula is C19H20FN5O2S. The van der Waals surface area contributed by atoms with Gasteiger partial charge < -0.3 is 10.2 Å². The summed E-state index contributed by atoms with van der Waals surface area (Å²) >= 11 is 1.34. The van der Waals surface area contributed by atoms with Gasteiger partial charge in [-0.15, -0.1) is 5.10 Å². The highest BCUT2D eigenvalue weighted by molar-refractivity contribution is 7.20. The zero-order valence-corrected chi connectivity index (χ0v) is 16.2. The molecule has 7 nitrogen and oxygen atoms in total. The topological polar surface area (TPSA) is 79.6 Å². The van der Waals surface area contributed by atoms with E-state index in [-0.39, 0.29) is 29.7 Å². The van der Waals surface area contributed by atoms with E-state index < -0.39 is 0 Å². The molecule has 2 aromatic heterocycles. The number of aromatic nitrogens is 3. The van der Waals surface area contributed by atoms with Gasteiger partial charge in [0.25, 0.3) is 5.56 Å². The van der Waals surface area contributed by atoms with Crippen molar-refractivity contribution in [3.63, 3.8) is 0 Å². The predicted octanol–water partition coefficient (Wildman–Crippen LogP) is 2.13. The third-order valence-corrected chi connectivity index (χ3v) is 5.81. The molecule has 1 aromatic carbocycles. The summed E-state index contributed by atoms with van der Waals surface area (Å²) in [5, 5.41) is 7.90. The molecule has 1 aliphatic rings. The van der Waals surface area contributed by atoms with E-state index in [1.54, 1.807) is 25.1 Å². The highest BCUT2D eigenvalue weighted by Gasteiger charge is 2.28. The van der Waals surface area contributed by atoms with Gasteiger partial charge in [-0.05, 0) is 25.8 Å². The van der Waals surface area contributed by atoms with Crippen molar-refractivity contribution in [1.29, 1.82) is 0 Å². The van der Waals surface area contributed by atoms with Crippen LogP contribution in [-0.2, 0) is 11.3 Å². The minimum absolute atomic E-state index is 0.0970. The molecule has 0 saturated carbocycles. The number of hydrogen-bond donors (Lipinski definition) is 1. The number of rotatable bonds is 4. The van der Waals surface area contributed by atoms with Crippen LogP contribution in [0.3, 0.4) is 0 Å². The second-order valence-corrected chi connectivity index (χ2v) is 7.84. The number of piperidine rings is 1. The second kappa shape index (κ2) is 7.67. The van der Waals surface area contributed by atoms with Crippen molar-refractivity contribution in [1.82, 2.24) is 19.9 Å². The van der Waals surface area contributed by atoms with Crippen LogP contribution in [0.25, 0.3) is 4.96 Å². The average molecular weight is 401 g/mol. The van der Waals surface area contributed by atoms with Crippen LogP contribution in [0.2, 0.25) is 0 Å². The number of halogens is 1. The molecule has 0 radical (unpaired) electrons. The summed E-state index contributed by atoms with van der Waals surface area (Å²) in [6, 6.07) is 7.87. The molecule has 28 heavy (non-hydrogen) atoms. The number of nitrogens with one attached hydrogen (secondary N) is 1.